The van der Waals surface area contributed by atoms with Crippen LogP contribution in [-0.4, -0.2) is 40.0 Å². The molecule has 1 atom stereocenters. The third-order valence-corrected chi connectivity index (χ3v) is 3.96. The number of aryl methyl sites for hydroxylation is 1. The number of carbonyl (C=O) groups is 1. The Hall–Kier alpha value is -1.38. The highest BCUT2D eigenvalue weighted by Gasteiger charge is 2.25. The molecule has 0 radical (unpaired) electrons. The monoisotopic (exact) mass is 333 g/mol. The van der Waals surface area contributed by atoms with Crippen LogP contribution in [0.4, 0.5) is 0 Å². The van der Waals surface area contributed by atoms with Crippen molar-refractivity contribution in [3.05, 3.63) is 23.7 Å². The molecule has 1 aromatic rings. The number of sulfonamides is 1. The van der Waals surface area contributed by atoms with Crippen LogP contribution in [0.1, 0.15) is 38.3 Å². The van der Waals surface area contributed by atoms with Gasteiger partial charge in [-0.3, -0.25) is 4.79 Å². The predicted molar refractivity (Wildman–Crippen MR) is 80.9 cm³/mol. The molecule has 0 aliphatic carbocycles. The number of methoxy groups -OCH3 is 1. The summed E-state index contributed by atoms with van der Waals surface area (Å²) in [5.74, 6) is -0.353. The van der Waals surface area contributed by atoms with Crippen molar-refractivity contribution >= 4 is 16.0 Å². The lowest BCUT2D eigenvalue weighted by molar-refractivity contribution is -0.144. The number of furan rings is 1. The minimum Gasteiger partial charge on any atom is -0.464 e. The van der Waals surface area contributed by atoms with Crippen LogP contribution >= 0.6 is 0 Å². The van der Waals surface area contributed by atoms with E-state index in [9.17, 15) is 13.2 Å². The molecule has 0 spiro atoms. The van der Waals surface area contributed by atoms with Gasteiger partial charge in [0, 0.05) is 13.5 Å². The molecule has 0 aliphatic heterocycles. The lowest BCUT2D eigenvalue weighted by atomic mass is 10.2. The molecule has 0 saturated heterocycles. The molecule has 0 saturated carbocycles. The van der Waals surface area contributed by atoms with E-state index in [0.717, 1.165) is 5.76 Å². The largest absolute Gasteiger partial charge is 0.464 e. The third kappa shape index (κ3) is 6.17. The standard InChI is InChI=1S/C14H23NO6S/c1-5-11-6-7-13(21-11)12(8-19-4)15-22(17,18)9-14(16)20-10(2)3/h6-7,10,12,15H,5,8-9H2,1-4H3. The van der Waals surface area contributed by atoms with Gasteiger partial charge >= 0.3 is 5.97 Å². The van der Waals surface area contributed by atoms with Gasteiger partial charge in [0.05, 0.1) is 12.7 Å². The van der Waals surface area contributed by atoms with Gasteiger partial charge in [-0.25, -0.2) is 13.1 Å². The summed E-state index contributed by atoms with van der Waals surface area (Å²) in [7, 11) is -2.40. The highest BCUT2D eigenvalue weighted by molar-refractivity contribution is 7.90. The Labute approximate surface area is 131 Å². The first-order valence-electron chi connectivity index (χ1n) is 7.04. The molecular formula is C14H23NO6S. The number of hydrogen-bond donors (Lipinski definition) is 1. The van der Waals surface area contributed by atoms with Crippen LogP contribution in [0.15, 0.2) is 16.5 Å². The van der Waals surface area contributed by atoms with Gasteiger partial charge in [-0.15, -0.1) is 0 Å². The summed E-state index contributed by atoms with van der Waals surface area (Å²) < 4.78 is 41.9. The van der Waals surface area contributed by atoms with E-state index in [1.807, 2.05) is 6.92 Å². The first-order valence-corrected chi connectivity index (χ1v) is 8.69. The van der Waals surface area contributed by atoms with Crippen molar-refractivity contribution in [3.63, 3.8) is 0 Å². The zero-order chi connectivity index (χ0) is 16.8. The maximum atomic E-state index is 12.0. The van der Waals surface area contributed by atoms with Gasteiger partial charge in [0.15, 0.2) is 5.75 Å². The van der Waals surface area contributed by atoms with Crippen LogP contribution < -0.4 is 4.72 Å². The molecule has 1 aromatic heterocycles. The molecule has 0 fully saturated rings. The zero-order valence-corrected chi connectivity index (χ0v) is 14.1. The lowest BCUT2D eigenvalue weighted by Gasteiger charge is -2.16. The normalized spacial score (nSPS) is 13.3. The molecule has 0 amide bonds. The molecule has 8 heteroatoms. The van der Waals surface area contributed by atoms with Crippen molar-refractivity contribution in [2.45, 2.75) is 39.3 Å². The van der Waals surface area contributed by atoms with Crippen molar-refractivity contribution < 1.29 is 27.1 Å². The number of esters is 1. The Kier molecular flexibility index (Phi) is 7.05. The highest BCUT2D eigenvalue weighted by atomic mass is 32.2. The number of carbonyl (C=O) groups excluding carboxylic acids is 1. The van der Waals surface area contributed by atoms with Gasteiger partial charge in [-0.2, -0.15) is 0 Å². The average Bonchev–Trinajstić information content (AvgIpc) is 2.84. The maximum absolute atomic E-state index is 12.0. The summed E-state index contributed by atoms with van der Waals surface area (Å²) >= 11 is 0. The van der Waals surface area contributed by atoms with Crippen LogP contribution in [-0.2, 0) is 30.7 Å². The van der Waals surface area contributed by atoms with Gasteiger partial charge < -0.3 is 13.9 Å². The van der Waals surface area contributed by atoms with E-state index in [2.05, 4.69) is 4.72 Å². The van der Waals surface area contributed by atoms with Gasteiger partial charge in [0.2, 0.25) is 10.0 Å². The summed E-state index contributed by atoms with van der Waals surface area (Å²) in [5.41, 5.74) is 0. The molecular weight excluding hydrogens is 310 g/mol. The predicted octanol–water partition coefficient (Wildman–Crippen LogP) is 1.40. The van der Waals surface area contributed by atoms with Gasteiger partial charge in [0.1, 0.15) is 17.6 Å². The van der Waals surface area contributed by atoms with E-state index < -0.39 is 27.8 Å². The van der Waals surface area contributed by atoms with E-state index in [1.165, 1.54) is 7.11 Å². The number of ether oxygens (including phenoxy) is 2. The fraction of sp³-hybridized carbons (Fsp3) is 0.643. The third-order valence-electron chi connectivity index (χ3n) is 2.70. The van der Waals surface area contributed by atoms with Crippen molar-refractivity contribution in [2.75, 3.05) is 19.5 Å². The lowest BCUT2D eigenvalue weighted by Crippen LogP contribution is -2.36. The Balaban J connectivity index is 2.78. The van der Waals surface area contributed by atoms with Crippen molar-refractivity contribution in [2.24, 2.45) is 0 Å². The summed E-state index contributed by atoms with van der Waals surface area (Å²) in [4.78, 5) is 11.5. The molecule has 0 aliphatic rings. The van der Waals surface area contributed by atoms with Crippen LogP contribution in [0.2, 0.25) is 0 Å². The summed E-state index contributed by atoms with van der Waals surface area (Å²) in [6, 6.07) is 2.78. The summed E-state index contributed by atoms with van der Waals surface area (Å²) in [5, 5.41) is 0. The van der Waals surface area contributed by atoms with Crippen molar-refractivity contribution in [1.82, 2.24) is 4.72 Å². The molecule has 7 nitrogen and oxygen atoms in total. The molecule has 0 aromatic carbocycles. The zero-order valence-electron chi connectivity index (χ0n) is 13.3. The first kappa shape index (κ1) is 18.7. The second-order valence-electron chi connectivity index (χ2n) is 5.08. The highest BCUT2D eigenvalue weighted by Crippen LogP contribution is 2.18. The molecule has 22 heavy (non-hydrogen) atoms. The molecule has 1 unspecified atom stereocenters. The van der Waals surface area contributed by atoms with Gasteiger partial charge in [-0.05, 0) is 26.0 Å². The second kappa shape index (κ2) is 8.30. The molecule has 1 N–H and O–H groups in total. The minimum atomic E-state index is -3.86. The maximum Gasteiger partial charge on any atom is 0.322 e. The molecule has 0 bridgehead atoms. The van der Waals surface area contributed by atoms with Crippen LogP contribution in [0.25, 0.3) is 0 Å². The Bertz CT molecular complexity index is 578. The topological polar surface area (TPSA) is 94.8 Å². The van der Waals surface area contributed by atoms with E-state index in [0.29, 0.717) is 12.2 Å². The minimum absolute atomic E-state index is 0.0924. The van der Waals surface area contributed by atoms with E-state index >= 15 is 0 Å². The number of rotatable bonds is 9. The van der Waals surface area contributed by atoms with E-state index in [-0.39, 0.29) is 12.7 Å². The molecule has 1 heterocycles. The first-order chi connectivity index (χ1) is 10.3. The molecule has 126 valence electrons. The fourth-order valence-corrected chi connectivity index (χ4v) is 2.90. The van der Waals surface area contributed by atoms with Crippen LogP contribution in [0.3, 0.4) is 0 Å². The summed E-state index contributed by atoms with van der Waals surface area (Å²) in [6.45, 7) is 5.33. The van der Waals surface area contributed by atoms with E-state index in [1.54, 1.807) is 26.0 Å². The Morgan fingerprint density at radius 3 is 2.55 bits per heavy atom. The van der Waals surface area contributed by atoms with E-state index in [4.69, 9.17) is 13.9 Å². The van der Waals surface area contributed by atoms with Gasteiger partial charge in [0.25, 0.3) is 0 Å². The average molecular weight is 333 g/mol. The van der Waals surface area contributed by atoms with Crippen LogP contribution in [0.5, 0.6) is 0 Å². The molecule has 1 rings (SSSR count). The van der Waals surface area contributed by atoms with Gasteiger partial charge in [-0.1, -0.05) is 6.92 Å². The van der Waals surface area contributed by atoms with Crippen LogP contribution in [0, 0.1) is 0 Å². The second-order valence-corrected chi connectivity index (χ2v) is 6.83. The van der Waals surface area contributed by atoms with Crippen molar-refractivity contribution in [1.29, 1.82) is 0 Å². The number of nitrogens with one attached hydrogen (secondary N) is 1. The number of hydrogen-bond acceptors (Lipinski definition) is 6. The Morgan fingerprint density at radius 1 is 1.36 bits per heavy atom. The SMILES string of the molecule is CCc1ccc(C(COC)NS(=O)(=O)CC(=O)OC(C)C)o1. The smallest absolute Gasteiger partial charge is 0.322 e. The Morgan fingerprint density at radius 2 is 2.05 bits per heavy atom. The fourth-order valence-electron chi connectivity index (χ4n) is 1.82. The quantitative estimate of drug-likeness (QED) is 0.686. The summed E-state index contributed by atoms with van der Waals surface area (Å²) in [6.07, 6.45) is 0.335. The van der Waals surface area contributed by atoms with Crippen molar-refractivity contribution in [3.8, 4) is 0 Å².